The van der Waals surface area contributed by atoms with Gasteiger partial charge in [-0.2, -0.15) is 0 Å². The summed E-state index contributed by atoms with van der Waals surface area (Å²) in [6, 6.07) is 7.61. The van der Waals surface area contributed by atoms with Crippen LogP contribution in [0.5, 0.6) is 0 Å². The first kappa shape index (κ1) is 15.6. The highest BCUT2D eigenvalue weighted by Gasteiger charge is 2.14. The van der Waals surface area contributed by atoms with Crippen LogP contribution in [0.3, 0.4) is 0 Å². The van der Waals surface area contributed by atoms with Gasteiger partial charge in [-0.1, -0.05) is 0 Å². The second-order valence-corrected chi connectivity index (χ2v) is 6.04. The first-order chi connectivity index (χ1) is 8.88. The number of carbonyl (C=O) groups is 2. The molecular weight excluding hydrogens is 260 g/mol. The minimum atomic E-state index is -0.144. The molecule has 1 rings (SSSR count). The Balaban J connectivity index is 2.57. The number of thioether (sulfide) groups is 1. The number of hydrogen-bond donors (Lipinski definition) is 2. The van der Waals surface area contributed by atoms with E-state index in [0.717, 1.165) is 10.6 Å². The van der Waals surface area contributed by atoms with E-state index in [4.69, 9.17) is 0 Å². The number of nitrogens with one attached hydrogen (secondary N) is 2. The van der Waals surface area contributed by atoms with Crippen molar-refractivity contribution in [3.63, 3.8) is 0 Å². The van der Waals surface area contributed by atoms with Gasteiger partial charge in [0.05, 0.1) is 5.25 Å². The number of amides is 2. The van der Waals surface area contributed by atoms with Crippen LogP contribution in [0.15, 0.2) is 29.2 Å². The van der Waals surface area contributed by atoms with Crippen LogP contribution in [0.2, 0.25) is 0 Å². The average molecular weight is 280 g/mol. The highest BCUT2D eigenvalue weighted by molar-refractivity contribution is 8.00. The standard InChI is InChI=1S/C14H20N2O2S/c1-9(2)15-14(18)10(3)19-13-7-5-12(6-8-13)16-11(4)17/h5-10H,1-4H3,(H,15,18)(H,16,17). The van der Waals surface area contributed by atoms with Crippen LogP contribution in [0.4, 0.5) is 5.69 Å². The smallest absolute Gasteiger partial charge is 0.233 e. The lowest BCUT2D eigenvalue weighted by atomic mass is 10.3. The molecule has 0 aliphatic rings. The van der Waals surface area contributed by atoms with Gasteiger partial charge in [0, 0.05) is 23.5 Å². The zero-order valence-corrected chi connectivity index (χ0v) is 12.5. The van der Waals surface area contributed by atoms with Gasteiger partial charge in [-0.25, -0.2) is 0 Å². The third kappa shape index (κ3) is 5.79. The Morgan fingerprint density at radius 3 is 2.16 bits per heavy atom. The lowest BCUT2D eigenvalue weighted by molar-refractivity contribution is -0.120. The SMILES string of the molecule is CC(=O)Nc1ccc(SC(C)C(=O)NC(C)C)cc1. The molecule has 19 heavy (non-hydrogen) atoms. The Morgan fingerprint density at radius 1 is 1.11 bits per heavy atom. The Labute approximate surface area is 118 Å². The van der Waals surface area contributed by atoms with E-state index < -0.39 is 0 Å². The third-order valence-corrected chi connectivity index (χ3v) is 3.40. The average Bonchev–Trinajstić information content (AvgIpc) is 2.30. The molecule has 2 N–H and O–H groups in total. The van der Waals surface area contributed by atoms with Crippen molar-refractivity contribution >= 4 is 29.3 Å². The van der Waals surface area contributed by atoms with Gasteiger partial charge < -0.3 is 10.6 Å². The van der Waals surface area contributed by atoms with Crippen molar-refractivity contribution < 1.29 is 9.59 Å². The number of hydrogen-bond acceptors (Lipinski definition) is 3. The number of benzene rings is 1. The Hall–Kier alpha value is -1.49. The quantitative estimate of drug-likeness (QED) is 0.815. The van der Waals surface area contributed by atoms with E-state index in [0.29, 0.717) is 0 Å². The molecule has 0 aliphatic carbocycles. The Kier molecular flexibility index (Phi) is 5.89. The molecule has 0 saturated heterocycles. The van der Waals surface area contributed by atoms with Crippen LogP contribution in [0, 0.1) is 0 Å². The fourth-order valence-electron chi connectivity index (χ4n) is 1.48. The van der Waals surface area contributed by atoms with Gasteiger partial charge in [-0.05, 0) is 45.0 Å². The molecule has 0 saturated carbocycles. The van der Waals surface area contributed by atoms with Crippen molar-refractivity contribution in [1.29, 1.82) is 0 Å². The molecule has 1 aromatic carbocycles. The van der Waals surface area contributed by atoms with Crippen LogP contribution in [-0.2, 0) is 9.59 Å². The summed E-state index contributed by atoms with van der Waals surface area (Å²) in [6.07, 6.45) is 0. The maximum Gasteiger partial charge on any atom is 0.233 e. The van der Waals surface area contributed by atoms with Crippen LogP contribution in [-0.4, -0.2) is 23.1 Å². The molecule has 0 radical (unpaired) electrons. The number of carbonyl (C=O) groups excluding carboxylic acids is 2. The number of anilines is 1. The predicted octanol–water partition coefficient (Wildman–Crippen LogP) is 2.65. The topological polar surface area (TPSA) is 58.2 Å². The zero-order chi connectivity index (χ0) is 14.4. The maximum absolute atomic E-state index is 11.8. The minimum Gasteiger partial charge on any atom is -0.353 e. The van der Waals surface area contributed by atoms with Crippen molar-refractivity contribution in [1.82, 2.24) is 5.32 Å². The van der Waals surface area contributed by atoms with Gasteiger partial charge >= 0.3 is 0 Å². The van der Waals surface area contributed by atoms with Gasteiger partial charge in [-0.3, -0.25) is 9.59 Å². The third-order valence-electron chi connectivity index (χ3n) is 2.29. The molecule has 0 aliphatic heterocycles. The zero-order valence-electron chi connectivity index (χ0n) is 11.7. The predicted molar refractivity (Wildman–Crippen MR) is 79.3 cm³/mol. The molecule has 5 heteroatoms. The highest BCUT2D eigenvalue weighted by atomic mass is 32.2. The van der Waals surface area contributed by atoms with E-state index >= 15 is 0 Å². The van der Waals surface area contributed by atoms with E-state index in [1.54, 1.807) is 0 Å². The van der Waals surface area contributed by atoms with Crippen LogP contribution in [0.1, 0.15) is 27.7 Å². The summed E-state index contributed by atoms with van der Waals surface area (Å²) >= 11 is 1.50. The van der Waals surface area contributed by atoms with E-state index in [-0.39, 0.29) is 23.1 Å². The fraction of sp³-hybridized carbons (Fsp3) is 0.429. The van der Waals surface area contributed by atoms with Gasteiger partial charge in [0.2, 0.25) is 11.8 Å². The van der Waals surface area contributed by atoms with E-state index in [9.17, 15) is 9.59 Å². The van der Waals surface area contributed by atoms with Crippen LogP contribution in [0.25, 0.3) is 0 Å². The Bertz CT molecular complexity index is 443. The Morgan fingerprint density at radius 2 is 1.68 bits per heavy atom. The normalized spacial score (nSPS) is 12.1. The number of rotatable bonds is 5. The molecule has 0 fully saturated rings. The summed E-state index contributed by atoms with van der Waals surface area (Å²) in [5.41, 5.74) is 0.760. The summed E-state index contributed by atoms with van der Waals surface area (Å²) in [7, 11) is 0. The van der Waals surface area contributed by atoms with Crippen molar-refractivity contribution in [2.24, 2.45) is 0 Å². The lowest BCUT2D eigenvalue weighted by Gasteiger charge is -2.14. The summed E-state index contributed by atoms with van der Waals surface area (Å²) in [5.74, 6) is -0.0592. The largest absolute Gasteiger partial charge is 0.353 e. The molecule has 1 atom stereocenters. The van der Waals surface area contributed by atoms with Crippen molar-refractivity contribution in [2.75, 3.05) is 5.32 Å². The second kappa shape index (κ2) is 7.19. The monoisotopic (exact) mass is 280 g/mol. The van der Waals surface area contributed by atoms with Crippen molar-refractivity contribution in [2.45, 2.75) is 43.9 Å². The molecule has 0 bridgehead atoms. The molecule has 1 unspecified atom stereocenters. The summed E-state index contributed by atoms with van der Waals surface area (Å²) in [6.45, 7) is 7.24. The van der Waals surface area contributed by atoms with E-state index in [1.807, 2.05) is 45.0 Å². The van der Waals surface area contributed by atoms with E-state index in [2.05, 4.69) is 10.6 Å². The van der Waals surface area contributed by atoms with Gasteiger partial charge in [0.15, 0.2) is 0 Å². The maximum atomic E-state index is 11.8. The summed E-state index contributed by atoms with van der Waals surface area (Å²) < 4.78 is 0. The van der Waals surface area contributed by atoms with Gasteiger partial charge in [0.25, 0.3) is 0 Å². The lowest BCUT2D eigenvalue weighted by Crippen LogP contribution is -2.35. The molecular formula is C14H20N2O2S. The van der Waals surface area contributed by atoms with Gasteiger partial charge in [0.1, 0.15) is 0 Å². The molecule has 4 nitrogen and oxygen atoms in total. The van der Waals surface area contributed by atoms with Gasteiger partial charge in [-0.15, -0.1) is 11.8 Å². The van der Waals surface area contributed by atoms with Crippen molar-refractivity contribution in [3.05, 3.63) is 24.3 Å². The molecule has 0 spiro atoms. The molecule has 104 valence electrons. The molecule has 0 heterocycles. The van der Waals surface area contributed by atoms with Crippen molar-refractivity contribution in [3.8, 4) is 0 Å². The molecule has 2 amide bonds. The van der Waals surface area contributed by atoms with Crippen LogP contribution >= 0.6 is 11.8 Å². The first-order valence-corrected chi connectivity index (χ1v) is 7.11. The van der Waals surface area contributed by atoms with E-state index in [1.165, 1.54) is 18.7 Å². The molecule has 0 aromatic heterocycles. The fourth-order valence-corrected chi connectivity index (χ4v) is 2.36. The minimum absolute atomic E-state index is 0.0333. The second-order valence-electron chi connectivity index (χ2n) is 4.63. The molecule has 1 aromatic rings. The highest BCUT2D eigenvalue weighted by Crippen LogP contribution is 2.24. The summed E-state index contributed by atoms with van der Waals surface area (Å²) in [4.78, 5) is 23.7. The first-order valence-electron chi connectivity index (χ1n) is 6.23. The summed E-state index contributed by atoms with van der Waals surface area (Å²) in [5, 5.41) is 5.45. The van der Waals surface area contributed by atoms with Crippen LogP contribution < -0.4 is 10.6 Å².